The van der Waals surface area contributed by atoms with E-state index in [-0.39, 0.29) is 29.9 Å². The van der Waals surface area contributed by atoms with Crippen molar-refractivity contribution in [3.8, 4) is 0 Å². The molecule has 1 saturated heterocycles. The highest BCUT2D eigenvalue weighted by molar-refractivity contribution is 14.0. The molecule has 1 aliphatic rings. The Balaban J connectivity index is 0.00000364. The van der Waals surface area contributed by atoms with Crippen molar-refractivity contribution in [3.05, 3.63) is 35.9 Å². The summed E-state index contributed by atoms with van der Waals surface area (Å²) in [4.78, 5) is 20.3. The average Bonchev–Trinajstić information content (AvgIpc) is 2.67. The maximum atomic E-state index is 11.4. The van der Waals surface area contributed by atoms with Gasteiger partial charge in [0.05, 0.1) is 6.61 Å². The number of hydrogen-bond acceptors (Lipinski definition) is 3. The van der Waals surface area contributed by atoms with Gasteiger partial charge in [-0.3, -0.25) is 9.79 Å². The third-order valence-corrected chi connectivity index (χ3v) is 4.45. The van der Waals surface area contributed by atoms with Gasteiger partial charge in [0.25, 0.3) is 0 Å². The van der Waals surface area contributed by atoms with Gasteiger partial charge >= 0.3 is 0 Å². The van der Waals surface area contributed by atoms with Crippen LogP contribution in [0.1, 0.15) is 25.8 Å². The number of rotatable bonds is 8. The molecule has 7 heteroatoms. The lowest BCUT2D eigenvalue weighted by atomic mass is 10.2. The number of halogens is 1. The van der Waals surface area contributed by atoms with E-state index in [1.54, 1.807) is 6.92 Å². The number of benzene rings is 1. The van der Waals surface area contributed by atoms with Gasteiger partial charge in [0.2, 0.25) is 5.91 Å². The summed E-state index contributed by atoms with van der Waals surface area (Å²) in [6.45, 7) is 9.98. The largest absolute Gasteiger partial charge is 0.381 e. The Morgan fingerprint density at radius 2 is 1.78 bits per heavy atom. The normalized spacial score (nSPS) is 14.7. The number of guanidine groups is 1. The maximum Gasteiger partial charge on any atom is 0.219 e. The molecule has 0 bridgehead atoms. The second kappa shape index (κ2) is 13.8. The number of carbonyl (C=O) groups is 1. The zero-order valence-corrected chi connectivity index (χ0v) is 18.9. The van der Waals surface area contributed by atoms with Crippen LogP contribution in [0.4, 0.5) is 0 Å². The van der Waals surface area contributed by atoms with Crippen LogP contribution in [-0.4, -0.2) is 74.1 Å². The number of aliphatic imine (C=N–C) groups is 1. The molecular formula is C20H33IN4O2. The molecule has 6 nitrogen and oxygen atoms in total. The van der Waals surface area contributed by atoms with E-state index >= 15 is 0 Å². The second-order valence-electron chi connectivity index (χ2n) is 6.43. The Morgan fingerprint density at radius 1 is 1.11 bits per heavy atom. The van der Waals surface area contributed by atoms with Crippen LogP contribution in [0.15, 0.2) is 35.3 Å². The second-order valence-corrected chi connectivity index (χ2v) is 6.43. The number of piperazine rings is 1. The van der Waals surface area contributed by atoms with Gasteiger partial charge in [-0.2, -0.15) is 0 Å². The van der Waals surface area contributed by atoms with E-state index in [9.17, 15) is 4.79 Å². The van der Waals surface area contributed by atoms with Crippen LogP contribution in [0, 0.1) is 0 Å². The van der Waals surface area contributed by atoms with E-state index in [4.69, 9.17) is 9.73 Å². The summed E-state index contributed by atoms with van der Waals surface area (Å²) < 4.78 is 5.72. The summed E-state index contributed by atoms with van der Waals surface area (Å²) in [5, 5.41) is 3.35. The maximum absolute atomic E-state index is 11.4. The number of hydrogen-bond donors (Lipinski definition) is 1. The molecule has 1 fully saturated rings. The minimum Gasteiger partial charge on any atom is -0.381 e. The number of nitrogens with one attached hydrogen (secondary N) is 1. The van der Waals surface area contributed by atoms with Gasteiger partial charge in [-0.05, 0) is 25.3 Å². The van der Waals surface area contributed by atoms with Crippen LogP contribution in [0.3, 0.4) is 0 Å². The first-order valence-corrected chi connectivity index (χ1v) is 9.61. The fraction of sp³-hybridized carbons (Fsp3) is 0.600. The molecule has 1 aromatic carbocycles. The lowest BCUT2D eigenvalue weighted by Crippen LogP contribution is -2.53. The number of ether oxygens (including phenoxy) is 1. The highest BCUT2D eigenvalue weighted by Crippen LogP contribution is 2.03. The molecule has 1 aliphatic heterocycles. The van der Waals surface area contributed by atoms with Gasteiger partial charge < -0.3 is 19.9 Å². The molecule has 0 spiro atoms. The number of nitrogens with zero attached hydrogens (tertiary/aromatic N) is 3. The molecule has 0 saturated carbocycles. The molecule has 0 radical (unpaired) electrons. The first-order chi connectivity index (χ1) is 12.7. The fourth-order valence-corrected chi connectivity index (χ4v) is 2.95. The molecule has 152 valence electrons. The summed E-state index contributed by atoms with van der Waals surface area (Å²) in [6, 6.07) is 10.4. The van der Waals surface area contributed by atoms with Crippen LogP contribution in [0.25, 0.3) is 0 Å². The predicted molar refractivity (Wildman–Crippen MR) is 121 cm³/mol. The van der Waals surface area contributed by atoms with E-state index < -0.39 is 0 Å². The molecular weight excluding hydrogens is 455 g/mol. The van der Waals surface area contributed by atoms with Crippen molar-refractivity contribution < 1.29 is 9.53 Å². The average molecular weight is 488 g/mol. The van der Waals surface area contributed by atoms with E-state index in [1.807, 2.05) is 11.0 Å². The first kappa shape index (κ1) is 23.7. The Hall–Kier alpha value is -1.35. The van der Waals surface area contributed by atoms with E-state index in [1.165, 1.54) is 5.56 Å². The molecule has 2 rings (SSSR count). The van der Waals surface area contributed by atoms with Crippen LogP contribution in [0.5, 0.6) is 0 Å². The van der Waals surface area contributed by atoms with Gasteiger partial charge in [0.15, 0.2) is 5.96 Å². The molecule has 0 aliphatic carbocycles. The lowest BCUT2D eigenvalue weighted by molar-refractivity contribution is -0.130. The van der Waals surface area contributed by atoms with Crippen LogP contribution >= 0.6 is 24.0 Å². The minimum absolute atomic E-state index is 0. The van der Waals surface area contributed by atoms with Gasteiger partial charge in [-0.25, -0.2) is 0 Å². The summed E-state index contributed by atoms with van der Waals surface area (Å²) in [5.41, 5.74) is 1.31. The third-order valence-electron chi connectivity index (χ3n) is 4.45. The fourth-order valence-electron chi connectivity index (χ4n) is 2.95. The van der Waals surface area contributed by atoms with Gasteiger partial charge in [0, 0.05) is 52.8 Å². The van der Waals surface area contributed by atoms with Crippen molar-refractivity contribution in [3.63, 3.8) is 0 Å². The Bertz CT molecular complexity index is 560. The molecule has 0 aromatic heterocycles. The van der Waals surface area contributed by atoms with Crippen molar-refractivity contribution in [2.75, 3.05) is 52.5 Å². The third kappa shape index (κ3) is 8.92. The van der Waals surface area contributed by atoms with Crippen molar-refractivity contribution in [1.82, 2.24) is 15.1 Å². The molecule has 0 unspecified atom stereocenters. The smallest absolute Gasteiger partial charge is 0.219 e. The van der Waals surface area contributed by atoms with Gasteiger partial charge in [-0.1, -0.05) is 30.3 Å². The Morgan fingerprint density at radius 3 is 2.41 bits per heavy atom. The van der Waals surface area contributed by atoms with Crippen LogP contribution in [0.2, 0.25) is 0 Å². The quantitative estimate of drug-likeness (QED) is 0.264. The van der Waals surface area contributed by atoms with Crippen molar-refractivity contribution in [2.45, 2.75) is 26.7 Å². The number of amides is 1. The van der Waals surface area contributed by atoms with Crippen LogP contribution in [-0.2, 0) is 16.0 Å². The molecule has 1 amide bonds. The van der Waals surface area contributed by atoms with Gasteiger partial charge in [0.1, 0.15) is 0 Å². The summed E-state index contributed by atoms with van der Waals surface area (Å²) in [5.74, 6) is 1.10. The SMILES string of the molecule is CCNC(=NCCCOCCc1ccccc1)N1CCN(C(C)=O)CC1.I. The minimum atomic E-state index is 0. The highest BCUT2D eigenvalue weighted by atomic mass is 127. The molecule has 1 heterocycles. The first-order valence-electron chi connectivity index (χ1n) is 9.61. The highest BCUT2D eigenvalue weighted by Gasteiger charge is 2.20. The Kier molecular flexibility index (Phi) is 12.1. The van der Waals surface area contributed by atoms with Gasteiger partial charge in [-0.15, -0.1) is 24.0 Å². The zero-order valence-electron chi connectivity index (χ0n) is 16.5. The topological polar surface area (TPSA) is 57.2 Å². The monoisotopic (exact) mass is 488 g/mol. The lowest BCUT2D eigenvalue weighted by Gasteiger charge is -2.36. The molecule has 1 aromatic rings. The van der Waals surface area contributed by atoms with Crippen molar-refractivity contribution in [1.29, 1.82) is 0 Å². The number of carbonyl (C=O) groups excluding carboxylic acids is 1. The Labute approximate surface area is 180 Å². The van der Waals surface area contributed by atoms with E-state index in [2.05, 4.69) is 41.4 Å². The standard InChI is InChI=1S/C20H32N4O2.HI/c1-3-21-20(24-14-12-23(13-15-24)18(2)25)22-11-7-16-26-17-10-19-8-5-4-6-9-19;/h4-6,8-9H,3,7,10-17H2,1-2H3,(H,21,22);1H. The zero-order chi connectivity index (χ0) is 18.6. The summed E-state index contributed by atoms with van der Waals surface area (Å²) in [7, 11) is 0. The molecule has 0 atom stereocenters. The molecule has 1 N–H and O–H groups in total. The van der Waals surface area contributed by atoms with E-state index in [0.29, 0.717) is 0 Å². The van der Waals surface area contributed by atoms with Crippen LogP contribution < -0.4 is 5.32 Å². The molecule has 27 heavy (non-hydrogen) atoms. The predicted octanol–water partition coefficient (Wildman–Crippen LogP) is 2.38. The summed E-state index contributed by atoms with van der Waals surface area (Å²) >= 11 is 0. The van der Waals surface area contributed by atoms with Crippen molar-refractivity contribution in [2.24, 2.45) is 4.99 Å². The summed E-state index contributed by atoms with van der Waals surface area (Å²) in [6.07, 6.45) is 1.87. The van der Waals surface area contributed by atoms with E-state index in [0.717, 1.165) is 71.3 Å². The van der Waals surface area contributed by atoms with Crippen molar-refractivity contribution >= 4 is 35.8 Å².